The van der Waals surface area contributed by atoms with E-state index in [1.54, 1.807) is 0 Å². The maximum Gasteiger partial charge on any atom is 0.169 e. The molecule has 0 aliphatic rings. The number of hydrogen-bond donors (Lipinski definition) is 1. The molecule has 0 aliphatic heterocycles. The monoisotopic (exact) mass is 217 g/mol. The van der Waals surface area contributed by atoms with Crippen LogP contribution in [-0.4, -0.2) is 32.1 Å². The van der Waals surface area contributed by atoms with Gasteiger partial charge in [-0.15, -0.1) is 0 Å². The normalized spacial score (nSPS) is 13.8. The van der Waals surface area contributed by atoms with Crippen LogP contribution in [0.3, 0.4) is 0 Å². The molecule has 15 heavy (non-hydrogen) atoms. The molecule has 1 atom stereocenters. The fourth-order valence-corrected chi connectivity index (χ4v) is 1.63. The van der Waals surface area contributed by atoms with Gasteiger partial charge in [-0.3, -0.25) is 0 Å². The summed E-state index contributed by atoms with van der Waals surface area (Å²) >= 11 is 0. The topological polar surface area (TPSA) is 30.5 Å². The zero-order valence-electron chi connectivity index (χ0n) is 10.9. The molecule has 0 rings (SSSR count). The van der Waals surface area contributed by atoms with Crippen LogP contribution in [0.5, 0.6) is 0 Å². The second kappa shape index (κ2) is 9.13. The molecular weight excluding hydrogens is 190 g/mol. The van der Waals surface area contributed by atoms with Gasteiger partial charge in [-0.25, -0.2) is 0 Å². The predicted molar refractivity (Wildman–Crippen MR) is 64.0 cm³/mol. The summed E-state index contributed by atoms with van der Waals surface area (Å²) in [7, 11) is 0. The smallest absolute Gasteiger partial charge is 0.169 e. The Kier molecular flexibility index (Phi) is 9.06. The molecule has 0 saturated heterocycles. The third kappa shape index (κ3) is 8.85. The van der Waals surface area contributed by atoms with Crippen molar-refractivity contribution in [1.82, 2.24) is 5.32 Å². The van der Waals surface area contributed by atoms with Crippen molar-refractivity contribution < 1.29 is 9.47 Å². The van der Waals surface area contributed by atoms with Crippen LogP contribution in [0, 0.1) is 5.92 Å². The minimum Gasteiger partial charge on any atom is -0.352 e. The van der Waals surface area contributed by atoms with Crippen molar-refractivity contribution >= 4 is 0 Å². The molecule has 1 unspecified atom stereocenters. The molecule has 0 aromatic rings. The Morgan fingerprint density at radius 2 is 1.53 bits per heavy atom. The Morgan fingerprint density at radius 1 is 1.00 bits per heavy atom. The zero-order chi connectivity index (χ0) is 11.7. The van der Waals surface area contributed by atoms with Crippen molar-refractivity contribution in [2.45, 2.75) is 53.4 Å². The zero-order valence-corrected chi connectivity index (χ0v) is 10.9. The fourth-order valence-electron chi connectivity index (χ4n) is 1.63. The Balaban J connectivity index is 3.67. The van der Waals surface area contributed by atoms with Gasteiger partial charge >= 0.3 is 0 Å². The molecule has 0 aromatic heterocycles. The predicted octanol–water partition coefficient (Wildman–Crippen LogP) is 2.41. The molecule has 3 nitrogen and oxygen atoms in total. The van der Waals surface area contributed by atoms with E-state index in [4.69, 9.17) is 9.47 Å². The third-order valence-corrected chi connectivity index (χ3v) is 2.16. The van der Waals surface area contributed by atoms with Crippen LogP contribution >= 0.6 is 0 Å². The summed E-state index contributed by atoms with van der Waals surface area (Å²) in [5.41, 5.74) is 0. The van der Waals surface area contributed by atoms with Gasteiger partial charge in [0.25, 0.3) is 0 Å². The average molecular weight is 217 g/mol. The van der Waals surface area contributed by atoms with E-state index >= 15 is 0 Å². The van der Waals surface area contributed by atoms with Gasteiger partial charge in [0, 0.05) is 25.8 Å². The van der Waals surface area contributed by atoms with Crippen molar-refractivity contribution in [3.63, 3.8) is 0 Å². The van der Waals surface area contributed by atoms with E-state index in [0.29, 0.717) is 19.3 Å². The van der Waals surface area contributed by atoms with E-state index in [0.717, 1.165) is 12.5 Å². The summed E-state index contributed by atoms with van der Waals surface area (Å²) in [5, 5.41) is 3.43. The Hall–Kier alpha value is -0.120. The van der Waals surface area contributed by atoms with Crippen LogP contribution in [0.1, 0.15) is 41.0 Å². The number of ether oxygens (including phenoxy) is 2. The van der Waals surface area contributed by atoms with E-state index in [2.05, 4.69) is 26.1 Å². The molecule has 0 aliphatic carbocycles. The lowest BCUT2D eigenvalue weighted by Gasteiger charge is -2.21. The third-order valence-electron chi connectivity index (χ3n) is 2.16. The minimum absolute atomic E-state index is 0.102. The van der Waals surface area contributed by atoms with Crippen molar-refractivity contribution in [3.8, 4) is 0 Å². The van der Waals surface area contributed by atoms with Crippen LogP contribution in [0.15, 0.2) is 0 Å². The Labute approximate surface area is 94.5 Å². The molecule has 92 valence electrons. The SMILES string of the molecule is CCOC(CNC(C)CC(C)C)OCC. The lowest BCUT2D eigenvalue weighted by molar-refractivity contribution is -0.133. The Bertz CT molecular complexity index is 134. The first kappa shape index (κ1) is 14.9. The maximum atomic E-state index is 5.45. The van der Waals surface area contributed by atoms with E-state index in [9.17, 15) is 0 Å². The number of rotatable bonds is 9. The van der Waals surface area contributed by atoms with Crippen molar-refractivity contribution in [2.75, 3.05) is 19.8 Å². The highest BCUT2D eigenvalue weighted by molar-refractivity contribution is 4.63. The number of nitrogens with one attached hydrogen (secondary N) is 1. The highest BCUT2D eigenvalue weighted by Crippen LogP contribution is 2.04. The van der Waals surface area contributed by atoms with E-state index in [1.807, 2.05) is 13.8 Å². The summed E-state index contributed by atoms with van der Waals surface area (Å²) in [4.78, 5) is 0. The first-order chi connectivity index (χ1) is 7.10. The van der Waals surface area contributed by atoms with Gasteiger partial charge in [0.1, 0.15) is 0 Å². The second-order valence-electron chi connectivity index (χ2n) is 4.28. The summed E-state index contributed by atoms with van der Waals surface area (Å²) in [5.74, 6) is 0.727. The molecule has 0 heterocycles. The number of hydrogen-bond acceptors (Lipinski definition) is 3. The largest absolute Gasteiger partial charge is 0.352 e. The molecule has 0 radical (unpaired) electrons. The summed E-state index contributed by atoms with van der Waals surface area (Å²) in [6.45, 7) is 12.8. The molecule has 0 aromatic carbocycles. The summed E-state index contributed by atoms with van der Waals surface area (Å²) in [6.07, 6.45) is 1.08. The van der Waals surface area contributed by atoms with Crippen LogP contribution < -0.4 is 5.32 Å². The molecule has 0 bridgehead atoms. The highest BCUT2D eigenvalue weighted by atomic mass is 16.7. The van der Waals surface area contributed by atoms with Gasteiger partial charge in [0.05, 0.1) is 0 Å². The first-order valence-electron chi connectivity index (χ1n) is 6.06. The molecule has 3 heteroatoms. The standard InChI is InChI=1S/C12H27NO2/c1-6-14-12(15-7-2)9-13-11(5)8-10(3)4/h10-13H,6-9H2,1-5H3. The van der Waals surface area contributed by atoms with Crippen molar-refractivity contribution in [1.29, 1.82) is 0 Å². The van der Waals surface area contributed by atoms with Gasteiger partial charge in [-0.05, 0) is 33.1 Å². The van der Waals surface area contributed by atoms with Gasteiger partial charge in [0.2, 0.25) is 0 Å². The lowest BCUT2D eigenvalue weighted by Crippen LogP contribution is -2.37. The molecule has 0 amide bonds. The molecule has 1 N–H and O–H groups in total. The van der Waals surface area contributed by atoms with Crippen molar-refractivity contribution in [3.05, 3.63) is 0 Å². The average Bonchev–Trinajstić information content (AvgIpc) is 2.14. The minimum atomic E-state index is -0.102. The lowest BCUT2D eigenvalue weighted by atomic mass is 10.1. The van der Waals surface area contributed by atoms with Crippen LogP contribution in [-0.2, 0) is 9.47 Å². The van der Waals surface area contributed by atoms with E-state index in [-0.39, 0.29) is 6.29 Å². The first-order valence-corrected chi connectivity index (χ1v) is 6.06. The van der Waals surface area contributed by atoms with Crippen LogP contribution in [0.4, 0.5) is 0 Å². The summed E-state index contributed by atoms with van der Waals surface area (Å²) in [6, 6.07) is 0.522. The van der Waals surface area contributed by atoms with Gasteiger partial charge in [-0.1, -0.05) is 13.8 Å². The summed E-state index contributed by atoms with van der Waals surface area (Å²) < 4.78 is 10.9. The molecule has 0 spiro atoms. The maximum absolute atomic E-state index is 5.45. The highest BCUT2D eigenvalue weighted by Gasteiger charge is 2.10. The molecule has 0 saturated carbocycles. The van der Waals surface area contributed by atoms with Gasteiger partial charge < -0.3 is 14.8 Å². The second-order valence-corrected chi connectivity index (χ2v) is 4.28. The van der Waals surface area contributed by atoms with Gasteiger partial charge in [0.15, 0.2) is 6.29 Å². The molecule has 0 fully saturated rings. The quantitative estimate of drug-likeness (QED) is 0.602. The fraction of sp³-hybridized carbons (Fsp3) is 1.00. The van der Waals surface area contributed by atoms with Crippen LogP contribution in [0.2, 0.25) is 0 Å². The van der Waals surface area contributed by atoms with E-state index < -0.39 is 0 Å². The van der Waals surface area contributed by atoms with Crippen molar-refractivity contribution in [2.24, 2.45) is 5.92 Å². The van der Waals surface area contributed by atoms with Gasteiger partial charge in [-0.2, -0.15) is 0 Å². The van der Waals surface area contributed by atoms with Crippen LogP contribution in [0.25, 0.3) is 0 Å². The molecular formula is C12H27NO2. The Morgan fingerprint density at radius 3 is 1.93 bits per heavy atom. The van der Waals surface area contributed by atoms with E-state index in [1.165, 1.54) is 6.42 Å².